The number of ketones is 1. The van der Waals surface area contributed by atoms with Crippen molar-refractivity contribution in [2.24, 2.45) is 0 Å². The largest absolute Gasteiger partial charge is 0.497 e. The van der Waals surface area contributed by atoms with Gasteiger partial charge in [-0.05, 0) is 17.7 Å². The number of rotatable bonds is 2. The van der Waals surface area contributed by atoms with Gasteiger partial charge in [0.05, 0.1) is 7.11 Å². The summed E-state index contributed by atoms with van der Waals surface area (Å²) in [5, 5.41) is 1.21. The molecule has 1 saturated heterocycles. The Morgan fingerprint density at radius 3 is 2.31 bits per heavy atom. The van der Waals surface area contributed by atoms with Crippen molar-refractivity contribution in [2.75, 3.05) is 14.2 Å². The van der Waals surface area contributed by atoms with Crippen LogP contribution in [0.1, 0.15) is 11.6 Å². The van der Waals surface area contributed by atoms with Gasteiger partial charge in [-0.2, -0.15) is 0 Å². The maximum Gasteiger partial charge on any atom is 0.305 e. The highest BCUT2D eigenvalue weighted by atomic mass is 16.5. The van der Waals surface area contributed by atoms with E-state index in [9.17, 15) is 9.59 Å². The van der Waals surface area contributed by atoms with Crippen LogP contribution in [-0.2, 0) is 9.59 Å². The first kappa shape index (κ1) is 10.6. The molecule has 0 aromatic heterocycles. The van der Waals surface area contributed by atoms with Gasteiger partial charge in [0.15, 0.2) is 0 Å². The van der Waals surface area contributed by atoms with Crippen LogP contribution in [0, 0.1) is 0 Å². The molecule has 0 radical (unpaired) electrons. The Bertz CT molecular complexity index is 427. The number of hydrazine groups is 1. The molecule has 1 aliphatic heterocycles. The first-order valence-corrected chi connectivity index (χ1v) is 4.85. The quantitative estimate of drug-likeness (QED) is 0.727. The van der Waals surface area contributed by atoms with Gasteiger partial charge in [0.2, 0.25) is 5.78 Å². The zero-order chi connectivity index (χ0) is 11.7. The van der Waals surface area contributed by atoms with Crippen LogP contribution in [0.25, 0.3) is 0 Å². The van der Waals surface area contributed by atoms with E-state index in [4.69, 9.17) is 4.74 Å². The molecule has 1 amide bonds. The number of nitrogens with one attached hydrogen (secondary N) is 1. The second kappa shape index (κ2) is 3.94. The summed E-state index contributed by atoms with van der Waals surface area (Å²) >= 11 is 0. The Morgan fingerprint density at radius 2 is 1.88 bits per heavy atom. The second-order valence-electron chi connectivity index (χ2n) is 3.56. The highest BCUT2D eigenvalue weighted by molar-refractivity contribution is 6.39. The topological polar surface area (TPSA) is 58.6 Å². The first-order chi connectivity index (χ1) is 7.63. The first-order valence-electron chi connectivity index (χ1n) is 4.85. The van der Waals surface area contributed by atoms with Gasteiger partial charge in [0.25, 0.3) is 0 Å². The third kappa shape index (κ3) is 1.65. The lowest BCUT2D eigenvalue weighted by atomic mass is 10.0. The molecule has 1 aromatic carbocycles. The van der Waals surface area contributed by atoms with Crippen molar-refractivity contribution in [1.29, 1.82) is 0 Å². The van der Waals surface area contributed by atoms with Crippen molar-refractivity contribution in [1.82, 2.24) is 10.4 Å². The zero-order valence-corrected chi connectivity index (χ0v) is 9.06. The fraction of sp³-hybridized carbons (Fsp3) is 0.273. The molecule has 0 aliphatic carbocycles. The van der Waals surface area contributed by atoms with Crippen LogP contribution in [0.4, 0.5) is 0 Å². The SMILES string of the molecule is COc1ccc(C2NN(C)C(=O)C2=O)cc1. The van der Waals surface area contributed by atoms with Gasteiger partial charge in [-0.3, -0.25) is 14.6 Å². The van der Waals surface area contributed by atoms with Crippen molar-refractivity contribution in [3.8, 4) is 5.75 Å². The van der Waals surface area contributed by atoms with E-state index in [2.05, 4.69) is 5.43 Å². The number of hydrogen-bond donors (Lipinski definition) is 1. The molecule has 84 valence electrons. The lowest BCUT2D eigenvalue weighted by Crippen LogP contribution is -2.30. The van der Waals surface area contributed by atoms with E-state index < -0.39 is 17.7 Å². The normalized spacial score (nSPS) is 20.4. The number of methoxy groups -OCH3 is 1. The van der Waals surface area contributed by atoms with Crippen LogP contribution in [-0.4, -0.2) is 30.9 Å². The average Bonchev–Trinajstić information content (AvgIpc) is 2.57. The highest BCUT2D eigenvalue weighted by Gasteiger charge is 2.37. The van der Waals surface area contributed by atoms with E-state index in [-0.39, 0.29) is 0 Å². The van der Waals surface area contributed by atoms with Gasteiger partial charge in [-0.15, -0.1) is 0 Å². The van der Waals surface area contributed by atoms with Gasteiger partial charge >= 0.3 is 5.91 Å². The number of benzene rings is 1. The Labute approximate surface area is 93.0 Å². The Kier molecular flexibility index (Phi) is 2.62. The van der Waals surface area contributed by atoms with Crippen molar-refractivity contribution in [3.05, 3.63) is 29.8 Å². The summed E-state index contributed by atoms with van der Waals surface area (Å²) in [6.07, 6.45) is 0. The molecular weight excluding hydrogens is 208 g/mol. The Morgan fingerprint density at radius 1 is 1.25 bits per heavy atom. The van der Waals surface area contributed by atoms with E-state index in [1.54, 1.807) is 31.4 Å². The predicted octanol–water partition coefficient (Wildman–Crippen LogP) is 0.282. The number of carbonyl (C=O) groups excluding carboxylic acids is 2. The molecule has 0 bridgehead atoms. The number of carbonyl (C=O) groups is 2. The lowest BCUT2D eigenvalue weighted by Gasteiger charge is -2.11. The number of hydrogen-bond acceptors (Lipinski definition) is 4. The van der Waals surface area contributed by atoms with Gasteiger partial charge in [0.1, 0.15) is 11.8 Å². The van der Waals surface area contributed by atoms with Crippen LogP contribution in [0.3, 0.4) is 0 Å². The number of likely N-dealkylation sites (N-methyl/N-ethyl adjacent to an activating group) is 1. The van der Waals surface area contributed by atoms with E-state index in [1.165, 1.54) is 12.1 Å². The zero-order valence-electron chi connectivity index (χ0n) is 9.06. The predicted molar refractivity (Wildman–Crippen MR) is 56.6 cm³/mol. The monoisotopic (exact) mass is 220 g/mol. The molecule has 16 heavy (non-hydrogen) atoms. The van der Waals surface area contributed by atoms with E-state index in [1.807, 2.05) is 0 Å². The van der Waals surface area contributed by atoms with Gasteiger partial charge < -0.3 is 4.74 Å². The summed E-state index contributed by atoms with van der Waals surface area (Å²) in [5.74, 6) is -0.234. The van der Waals surface area contributed by atoms with E-state index in [0.29, 0.717) is 5.75 Å². The molecule has 0 spiro atoms. The molecule has 5 heteroatoms. The molecule has 1 unspecified atom stereocenters. The summed E-state index contributed by atoms with van der Waals surface area (Å²) in [5.41, 5.74) is 3.55. The number of ether oxygens (including phenoxy) is 1. The van der Waals surface area contributed by atoms with Gasteiger partial charge in [-0.1, -0.05) is 12.1 Å². The summed E-state index contributed by atoms with van der Waals surface area (Å²) in [7, 11) is 3.11. The Balaban J connectivity index is 2.25. The fourth-order valence-corrected chi connectivity index (χ4v) is 1.62. The maximum absolute atomic E-state index is 11.6. The van der Waals surface area contributed by atoms with Crippen LogP contribution >= 0.6 is 0 Å². The fourth-order valence-electron chi connectivity index (χ4n) is 1.62. The average molecular weight is 220 g/mol. The van der Waals surface area contributed by atoms with Crippen LogP contribution in [0.2, 0.25) is 0 Å². The number of nitrogens with zero attached hydrogens (tertiary/aromatic N) is 1. The molecule has 2 rings (SSSR count). The highest BCUT2D eigenvalue weighted by Crippen LogP contribution is 2.22. The van der Waals surface area contributed by atoms with E-state index in [0.717, 1.165) is 5.56 Å². The summed E-state index contributed by atoms with van der Waals surface area (Å²) in [6, 6.07) is 6.46. The van der Waals surface area contributed by atoms with E-state index >= 15 is 0 Å². The van der Waals surface area contributed by atoms with Crippen molar-refractivity contribution < 1.29 is 14.3 Å². The molecular formula is C11H12N2O3. The minimum absolute atomic E-state index is 0.437. The minimum Gasteiger partial charge on any atom is -0.497 e. The molecule has 1 aliphatic rings. The molecule has 5 nitrogen and oxygen atoms in total. The lowest BCUT2D eigenvalue weighted by molar-refractivity contribution is -0.140. The standard InChI is InChI=1S/C11H12N2O3/c1-13-11(15)10(14)9(12-13)7-3-5-8(16-2)6-4-7/h3-6,9,12H,1-2H3. The molecule has 1 heterocycles. The van der Waals surface area contributed by atoms with Gasteiger partial charge in [-0.25, -0.2) is 5.43 Å². The van der Waals surface area contributed by atoms with Crippen molar-refractivity contribution >= 4 is 11.7 Å². The summed E-state index contributed by atoms with van der Waals surface area (Å²) in [4.78, 5) is 22.9. The smallest absolute Gasteiger partial charge is 0.305 e. The van der Waals surface area contributed by atoms with Gasteiger partial charge in [0, 0.05) is 7.05 Å². The van der Waals surface area contributed by atoms with Crippen LogP contribution in [0.5, 0.6) is 5.75 Å². The number of Topliss-reactive ketones (excluding diaryl/α,β-unsaturated/α-hetero) is 1. The molecule has 1 N–H and O–H groups in total. The number of amides is 1. The third-order valence-corrected chi connectivity index (χ3v) is 2.55. The maximum atomic E-state index is 11.6. The van der Waals surface area contributed by atoms with Crippen LogP contribution in [0.15, 0.2) is 24.3 Å². The Hall–Kier alpha value is -1.88. The molecule has 1 aromatic rings. The molecule has 1 fully saturated rings. The summed E-state index contributed by atoms with van der Waals surface area (Å²) < 4.78 is 5.02. The van der Waals surface area contributed by atoms with Crippen molar-refractivity contribution in [2.45, 2.75) is 6.04 Å². The molecule has 1 atom stereocenters. The van der Waals surface area contributed by atoms with Crippen molar-refractivity contribution in [3.63, 3.8) is 0 Å². The third-order valence-electron chi connectivity index (χ3n) is 2.55. The minimum atomic E-state index is -0.580. The molecule has 0 saturated carbocycles. The summed E-state index contributed by atoms with van der Waals surface area (Å²) in [6.45, 7) is 0. The van der Waals surface area contributed by atoms with Crippen LogP contribution < -0.4 is 10.2 Å². The second-order valence-corrected chi connectivity index (χ2v) is 3.56.